The number of nitrogens with two attached hydrogens (primary N) is 1. The second kappa shape index (κ2) is 1.97. The summed E-state index contributed by atoms with van der Waals surface area (Å²) in [5, 5.41) is 15.2. The molecule has 0 aromatic rings. The van der Waals surface area contributed by atoms with E-state index < -0.39 is 6.35 Å². The van der Waals surface area contributed by atoms with Crippen molar-refractivity contribution in [3.8, 4) is 0 Å². The maximum absolute atomic E-state index is 8.53. The third kappa shape index (κ3) is 0.877. The van der Waals surface area contributed by atoms with Gasteiger partial charge in [0.2, 0.25) is 0 Å². The van der Waals surface area contributed by atoms with Crippen LogP contribution in [0.3, 0.4) is 0 Å². The van der Waals surface area contributed by atoms with Crippen LogP contribution in [0.2, 0.25) is 0 Å². The van der Waals surface area contributed by atoms with Gasteiger partial charge in [0.25, 0.3) is 6.35 Å². The topological polar surface area (TPSA) is 83.3 Å². The Bertz CT molecular complexity index is 140. The summed E-state index contributed by atoms with van der Waals surface area (Å²) in [6.45, 7) is 0.237. The molecule has 8 heavy (non-hydrogen) atoms. The molecule has 3 N–H and O–H groups in total. The first kappa shape index (κ1) is 5.33. The summed E-state index contributed by atoms with van der Waals surface area (Å²) in [5.41, 5.74) is 5.10. The van der Waals surface area contributed by atoms with Crippen LogP contribution in [0.15, 0.2) is 15.2 Å². The number of rotatable bonds is 1. The number of nitrogens with zero attached hydrogens (tertiary/aromatic N) is 3. The van der Waals surface area contributed by atoms with Crippen LogP contribution in [0.1, 0.15) is 0 Å². The highest BCUT2D eigenvalue weighted by molar-refractivity contribution is 5.85. The zero-order valence-corrected chi connectivity index (χ0v) is 4.15. The van der Waals surface area contributed by atoms with Crippen LogP contribution in [-0.2, 0) is 0 Å². The normalized spacial score (nSPS) is 26.2. The van der Waals surface area contributed by atoms with Gasteiger partial charge in [-0.1, -0.05) is 0 Å². The quantitative estimate of drug-likeness (QED) is 0.462. The Morgan fingerprint density at radius 1 is 1.75 bits per heavy atom. The first-order valence-electron chi connectivity index (χ1n) is 2.18. The van der Waals surface area contributed by atoms with Crippen LogP contribution in [0.25, 0.3) is 0 Å². The fraction of sp³-hybridized carbons (Fsp3) is 0.667. The number of azo groups is 1. The highest BCUT2D eigenvalue weighted by Crippen LogP contribution is 1.99. The van der Waals surface area contributed by atoms with E-state index >= 15 is 0 Å². The van der Waals surface area contributed by atoms with Gasteiger partial charge in [-0.15, -0.1) is 10.2 Å². The molecular formula is C3H6N4O. The second-order valence-corrected chi connectivity index (χ2v) is 1.31. The number of aliphatic imine (C=N–C) groups is 1. The van der Waals surface area contributed by atoms with Gasteiger partial charge >= 0.3 is 0 Å². The zero-order chi connectivity index (χ0) is 5.98. The Kier molecular flexibility index (Phi) is 1.32. The van der Waals surface area contributed by atoms with Crippen molar-refractivity contribution in [3.05, 3.63) is 0 Å². The summed E-state index contributed by atoms with van der Waals surface area (Å²) >= 11 is 0. The van der Waals surface area contributed by atoms with Crippen molar-refractivity contribution in [2.24, 2.45) is 21.0 Å². The van der Waals surface area contributed by atoms with E-state index in [1.807, 2.05) is 0 Å². The Morgan fingerprint density at radius 2 is 2.50 bits per heavy atom. The predicted octanol–water partition coefficient (Wildman–Crippen LogP) is -0.915. The molecule has 44 valence electrons. The molecule has 0 aromatic heterocycles. The second-order valence-electron chi connectivity index (χ2n) is 1.31. The number of aliphatic hydroxyl groups is 1. The Labute approximate surface area is 45.9 Å². The summed E-state index contributed by atoms with van der Waals surface area (Å²) in [6.07, 6.45) is -1.01. The zero-order valence-electron chi connectivity index (χ0n) is 4.15. The summed E-state index contributed by atoms with van der Waals surface area (Å²) in [7, 11) is 0. The van der Waals surface area contributed by atoms with E-state index in [1.54, 1.807) is 0 Å². The highest BCUT2D eigenvalue weighted by atomic mass is 16.3. The van der Waals surface area contributed by atoms with Crippen molar-refractivity contribution in [3.63, 3.8) is 0 Å². The van der Waals surface area contributed by atoms with Crippen molar-refractivity contribution in [2.45, 2.75) is 6.35 Å². The Morgan fingerprint density at radius 3 is 2.75 bits per heavy atom. The monoisotopic (exact) mass is 114 g/mol. The van der Waals surface area contributed by atoms with Gasteiger partial charge < -0.3 is 10.8 Å². The number of amidine groups is 1. The molecule has 0 aromatic carbocycles. The Hall–Kier alpha value is -0.810. The van der Waals surface area contributed by atoms with Gasteiger partial charge in [-0.2, -0.15) is 0 Å². The van der Waals surface area contributed by atoms with E-state index in [4.69, 9.17) is 10.8 Å². The minimum atomic E-state index is -1.01. The molecule has 1 heterocycles. The van der Waals surface area contributed by atoms with Crippen molar-refractivity contribution in [1.82, 2.24) is 0 Å². The maximum atomic E-state index is 8.53. The molecule has 5 nitrogen and oxygen atoms in total. The van der Waals surface area contributed by atoms with Crippen molar-refractivity contribution >= 4 is 5.84 Å². The first-order valence-corrected chi connectivity index (χ1v) is 2.18. The molecule has 0 saturated carbocycles. The average molecular weight is 114 g/mol. The first-order chi connectivity index (χ1) is 3.83. The summed E-state index contributed by atoms with van der Waals surface area (Å²) in [6, 6.07) is 0. The molecule has 0 aliphatic carbocycles. The van der Waals surface area contributed by atoms with Crippen LogP contribution in [-0.4, -0.2) is 23.8 Å². The number of aliphatic hydroxyl groups excluding tert-OH is 1. The smallest absolute Gasteiger partial charge is 0.264 e. The molecule has 0 spiro atoms. The largest absolute Gasteiger partial charge is 0.353 e. The van der Waals surface area contributed by atoms with E-state index in [0.717, 1.165) is 0 Å². The Balaban J connectivity index is 2.58. The SMILES string of the molecule is NCC1=NC(O)N=N1. The molecule has 1 unspecified atom stereocenters. The standard InChI is InChI=1S/C3H6N4O/c4-1-2-5-3(8)7-6-2/h3,8H,1,4H2. The van der Waals surface area contributed by atoms with Crippen LogP contribution in [0, 0.1) is 0 Å². The van der Waals surface area contributed by atoms with Crippen LogP contribution < -0.4 is 5.73 Å². The van der Waals surface area contributed by atoms with Crippen LogP contribution >= 0.6 is 0 Å². The molecule has 0 fully saturated rings. The lowest BCUT2D eigenvalue weighted by molar-refractivity contribution is 0.194. The van der Waals surface area contributed by atoms with E-state index in [2.05, 4.69) is 15.2 Å². The molecule has 1 aliphatic heterocycles. The van der Waals surface area contributed by atoms with E-state index in [9.17, 15) is 0 Å². The maximum Gasteiger partial charge on any atom is 0.264 e. The summed E-state index contributed by atoms with van der Waals surface area (Å²) in [4.78, 5) is 3.52. The molecule has 0 radical (unpaired) electrons. The minimum Gasteiger partial charge on any atom is -0.353 e. The van der Waals surface area contributed by atoms with Gasteiger partial charge in [0.05, 0.1) is 6.54 Å². The molecule has 0 amide bonds. The number of hydrogen-bond acceptors (Lipinski definition) is 5. The van der Waals surface area contributed by atoms with Gasteiger partial charge in [0, 0.05) is 0 Å². The fourth-order valence-electron chi connectivity index (χ4n) is 0.397. The van der Waals surface area contributed by atoms with Gasteiger partial charge in [-0.25, -0.2) is 4.99 Å². The number of hydrogen-bond donors (Lipinski definition) is 2. The van der Waals surface area contributed by atoms with Crippen LogP contribution in [0.5, 0.6) is 0 Å². The highest BCUT2D eigenvalue weighted by Gasteiger charge is 2.06. The molecule has 5 heteroatoms. The van der Waals surface area contributed by atoms with E-state index in [1.165, 1.54) is 0 Å². The third-order valence-electron chi connectivity index (χ3n) is 0.724. The van der Waals surface area contributed by atoms with Gasteiger partial charge in [-0.3, -0.25) is 0 Å². The van der Waals surface area contributed by atoms with E-state index in [-0.39, 0.29) is 6.54 Å². The molecule has 0 saturated heterocycles. The third-order valence-corrected chi connectivity index (χ3v) is 0.724. The summed E-state index contributed by atoms with van der Waals surface area (Å²) < 4.78 is 0. The lowest BCUT2D eigenvalue weighted by Gasteiger charge is -1.84. The molecule has 1 aliphatic rings. The van der Waals surface area contributed by atoms with Crippen molar-refractivity contribution in [1.29, 1.82) is 0 Å². The lowest BCUT2D eigenvalue weighted by Crippen LogP contribution is -2.09. The van der Waals surface area contributed by atoms with Crippen molar-refractivity contribution < 1.29 is 5.11 Å². The molecular weight excluding hydrogens is 108 g/mol. The lowest BCUT2D eigenvalue weighted by atomic mass is 10.6. The fourth-order valence-corrected chi connectivity index (χ4v) is 0.397. The predicted molar refractivity (Wildman–Crippen MR) is 27.4 cm³/mol. The summed E-state index contributed by atoms with van der Waals surface area (Å²) in [5.74, 6) is 0.400. The molecule has 0 bridgehead atoms. The minimum absolute atomic E-state index is 0.237. The van der Waals surface area contributed by atoms with Crippen molar-refractivity contribution in [2.75, 3.05) is 6.54 Å². The van der Waals surface area contributed by atoms with E-state index in [0.29, 0.717) is 5.84 Å². The van der Waals surface area contributed by atoms with Gasteiger partial charge in [0.1, 0.15) is 0 Å². The van der Waals surface area contributed by atoms with Gasteiger partial charge in [-0.05, 0) is 0 Å². The average Bonchev–Trinajstić information content (AvgIpc) is 2.14. The van der Waals surface area contributed by atoms with Crippen LogP contribution in [0.4, 0.5) is 0 Å². The molecule has 1 rings (SSSR count). The van der Waals surface area contributed by atoms with Gasteiger partial charge in [0.15, 0.2) is 5.84 Å². The molecule has 1 atom stereocenters.